The average molecular weight is 244 g/mol. The van der Waals surface area contributed by atoms with Crippen LogP contribution >= 0.6 is 0 Å². The second-order valence-electron chi connectivity index (χ2n) is 4.37. The van der Waals surface area contributed by atoms with Crippen molar-refractivity contribution in [1.82, 2.24) is 10.2 Å². The lowest BCUT2D eigenvalue weighted by molar-refractivity contribution is 0.0671. The first-order valence-corrected chi connectivity index (χ1v) is 5.91. The number of nitrogens with zero attached hydrogens (tertiary/aromatic N) is 2. The first-order chi connectivity index (χ1) is 8.75. The van der Waals surface area contributed by atoms with Crippen LogP contribution in [0.3, 0.4) is 0 Å². The highest BCUT2D eigenvalue weighted by Gasteiger charge is 2.25. The number of fused-ring (bicyclic) bond motifs is 1. The first-order valence-electron chi connectivity index (χ1n) is 5.91. The molecular weight excluding hydrogens is 232 g/mol. The van der Waals surface area contributed by atoms with Crippen LogP contribution in [0.5, 0.6) is 5.75 Å². The van der Waals surface area contributed by atoms with Gasteiger partial charge in [-0.05, 0) is 31.4 Å². The Morgan fingerprint density at radius 3 is 2.72 bits per heavy atom. The molecule has 1 fully saturated rings. The fraction of sp³-hybridized carbons (Fsp3) is 0.308. The van der Waals surface area contributed by atoms with Gasteiger partial charge in [0.25, 0.3) is 0 Å². The van der Waals surface area contributed by atoms with E-state index in [1.807, 2.05) is 18.2 Å². The molecule has 0 spiro atoms. The maximum atomic E-state index is 11.2. The molecule has 5 heteroatoms. The zero-order chi connectivity index (χ0) is 12.5. The van der Waals surface area contributed by atoms with Crippen molar-refractivity contribution in [2.24, 2.45) is 0 Å². The molecule has 0 amide bonds. The Bertz CT molecular complexity index is 608. The summed E-state index contributed by atoms with van der Waals surface area (Å²) < 4.78 is 5.77. The number of rotatable bonds is 3. The van der Waals surface area contributed by atoms with E-state index in [4.69, 9.17) is 9.84 Å². The Labute approximate surface area is 103 Å². The first kappa shape index (κ1) is 11.0. The molecule has 1 saturated carbocycles. The lowest BCUT2D eigenvalue weighted by Gasteiger charge is -2.27. The Hall–Kier alpha value is -2.17. The molecule has 1 aliphatic carbocycles. The Kier molecular flexibility index (Phi) is 2.59. The van der Waals surface area contributed by atoms with Crippen molar-refractivity contribution in [3.63, 3.8) is 0 Å². The van der Waals surface area contributed by atoms with E-state index in [0.29, 0.717) is 16.7 Å². The van der Waals surface area contributed by atoms with Crippen molar-refractivity contribution >= 4 is 16.9 Å². The molecular formula is C13H12N2O3. The van der Waals surface area contributed by atoms with Gasteiger partial charge in [0.05, 0.1) is 11.6 Å². The second kappa shape index (κ2) is 4.25. The van der Waals surface area contributed by atoms with Gasteiger partial charge in [-0.2, -0.15) is 0 Å². The van der Waals surface area contributed by atoms with E-state index >= 15 is 0 Å². The van der Waals surface area contributed by atoms with Crippen molar-refractivity contribution in [3.05, 3.63) is 30.0 Å². The Morgan fingerprint density at radius 2 is 2.06 bits per heavy atom. The highest BCUT2D eigenvalue weighted by Crippen LogP contribution is 2.32. The summed E-state index contributed by atoms with van der Waals surface area (Å²) in [6, 6.07) is 7.28. The molecule has 2 aromatic rings. The van der Waals surface area contributed by atoms with E-state index in [0.717, 1.165) is 19.3 Å². The van der Waals surface area contributed by atoms with E-state index in [1.165, 1.54) is 0 Å². The van der Waals surface area contributed by atoms with Crippen molar-refractivity contribution in [1.29, 1.82) is 0 Å². The van der Waals surface area contributed by atoms with Gasteiger partial charge in [0.2, 0.25) is 5.69 Å². The van der Waals surface area contributed by atoms with Crippen LogP contribution in [0.15, 0.2) is 24.3 Å². The molecule has 3 rings (SSSR count). The Morgan fingerprint density at radius 1 is 1.28 bits per heavy atom. The second-order valence-corrected chi connectivity index (χ2v) is 4.37. The third kappa shape index (κ3) is 1.77. The highest BCUT2D eigenvalue weighted by molar-refractivity contribution is 5.96. The molecule has 5 nitrogen and oxygen atoms in total. The van der Waals surface area contributed by atoms with Gasteiger partial charge in [-0.15, -0.1) is 10.2 Å². The molecule has 0 aliphatic heterocycles. The molecule has 0 bridgehead atoms. The van der Waals surface area contributed by atoms with Crippen LogP contribution in [-0.4, -0.2) is 27.4 Å². The van der Waals surface area contributed by atoms with Gasteiger partial charge in [-0.3, -0.25) is 0 Å². The van der Waals surface area contributed by atoms with E-state index in [9.17, 15) is 4.79 Å². The number of hydrogen-bond donors (Lipinski definition) is 1. The van der Waals surface area contributed by atoms with Crippen LogP contribution < -0.4 is 4.74 Å². The van der Waals surface area contributed by atoms with Crippen LogP contribution in [-0.2, 0) is 0 Å². The van der Waals surface area contributed by atoms with Crippen molar-refractivity contribution in [2.75, 3.05) is 0 Å². The van der Waals surface area contributed by atoms with Gasteiger partial charge in [-0.25, -0.2) is 4.79 Å². The molecule has 0 atom stereocenters. The number of benzene rings is 1. The third-order valence-corrected chi connectivity index (χ3v) is 3.16. The number of carboxylic acid groups (broad SMARTS) is 1. The summed E-state index contributed by atoms with van der Waals surface area (Å²) in [4.78, 5) is 11.2. The van der Waals surface area contributed by atoms with E-state index < -0.39 is 5.97 Å². The minimum atomic E-state index is -1.11. The average Bonchev–Trinajstić information content (AvgIpc) is 2.33. The number of carbonyl (C=O) groups is 1. The quantitative estimate of drug-likeness (QED) is 0.896. The zero-order valence-corrected chi connectivity index (χ0v) is 9.67. The summed E-state index contributed by atoms with van der Waals surface area (Å²) in [6.45, 7) is 0. The van der Waals surface area contributed by atoms with Crippen LogP contribution in [0.1, 0.15) is 29.8 Å². The highest BCUT2D eigenvalue weighted by atomic mass is 16.5. The largest absolute Gasteiger partial charge is 0.487 e. The molecule has 1 heterocycles. The molecule has 1 aromatic carbocycles. The molecule has 1 aliphatic rings. The molecule has 18 heavy (non-hydrogen) atoms. The fourth-order valence-electron chi connectivity index (χ4n) is 1.94. The lowest BCUT2D eigenvalue weighted by Crippen LogP contribution is -2.26. The molecule has 0 radical (unpaired) electrons. The summed E-state index contributed by atoms with van der Waals surface area (Å²) >= 11 is 0. The van der Waals surface area contributed by atoms with Gasteiger partial charge >= 0.3 is 5.97 Å². The lowest BCUT2D eigenvalue weighted by atomic mass is 9.96. The maximum Gasteiger partial charge on any atom is 0.360 e. The number of carboxylic acids is 1. The fourth-order valence-corrected chi connectivity index (χ4v) is 1.94. The summed E-state index contributed by atoms with van der Waals surface area (Å²) in [5.41, 5.74) is 0.539. The number of aromatic nitrogens is 2. The molecule has 1 aromatic heterocycles. The molecule has 0 saturated heterocycles. The summed E-state index contributed by atoms with van der Waals surface area (Å²) in [5, 5.41) is 17.5. The SMILES string of the molecule is O=C(O)c1nnc2ccccc2c1OC1CCC1. The third-order valence-electron chi connectivity index (χ3n) is 3.16. The molecule has 0 unspecified atom stereocenters. The van der Waals surface area contributed by atoms with E-state index in [-0.39, 0.29) is 11.8 Å². The topological polar surface area (TPSA) is 72.3 Å². The normalized spacial score (nSPS) is 15.3. The maximum absolute atomic E-state index is 11.2. The summed E-state index contributed by atoms with van der Waals surface area (Å²) in [5.74, 6) is -0.764. The molecule has 1 N–H and O–H groups in total. The summed E-state index contributed by atoms with van der Waals surface area (Å²) in [7, 11) is 0. The minimum Gasteiger partial charge on any atom is -0.487 e. The van der Waals surface area contributed by atoms with Crippen LogP contribution in [0.25, 0.3) is 10.9 Å². The van der Waals surface area contributed by atoms with Gasteiger partial charge in [0.1, 0.15) is 0 Å². The minimum absolute atomic E-state index is 0.107. The zero-order valence-electron chi connectivity index (χ0n) is 9.67. The monoisotopic (exact) mass is 244 g/mol. The number of aromatic carboxylic acids is 1. The van der Waals surface area contributed by atoms with Gasteiger partial charge in [0, 0.05) is 5.39 Å². The van der Waals surface area contributed by atoms with Crippen LogP contribution in [0.4, 0.5) is 0 Å². The van der Waals surface area contributed by atoms with Gasteiger partial charge < -0.3 is 9.84 Å². The Balaban J connectivity index is 2.14. The number of ether oxygens (including phenoxy) is 1. The van der Waals surface area contributed by atoms with Crippen LogP contribution in [0.2, 0.25) is 0 Å². The predicted octanol–water partition coefficient (Wildman–Crippen LogP) is 2.26. The van der Waals surface area contributed by atoms with Gasteiger partial charge in [-0.1, -0.05) is 12.1 Å². The van der Waals surface area contributed by atoms with E-state index in [1.54, 1.807) is 6.07 Å². The van der Waals surface area contributed by atoms with Crippen molar-refractivity contribution < 1.29 is 14.6 Å². The predicted molar refractivity (Wildman–Crippen MR) is 64.8 cm³/mol. The van der Waals surface area contributed by atoms with Crippen molar-refractivity contribution in [3.8, 4) is 5.75 Å². The standard InChI is InChI=1S/C13H12N2O3/c16-13(17)11-12(18-8-4-3-5-8)9-6-1-2-7-10(9)14-15-11/h1-2,6-8H,3-5H2,(H,16,17). The smallest absolute Gasteiger partial charge is 0.360 e. The number of hydrogen-bond acceptors (Lipinski definition) is 4. The van der Waals surface area contributed by atoms with Crippen molar-refractivity contribution in [2.45, 2.75) is 25.4 Å². The molecule has 92 valence electrons. The van der Waals surface area contributed by atoms with Crippen LogP contribution in [0, 0.1) is 0 Å². The van der Waals surface area contributed by atoms with E-state index in [2.05, 4.69) is 10.2 Å². The summed E-state index contributed by atoms with van der Waals surface area (Å²) in [6.07, 6.45) is 3.17. The van der Waals surface area contributed by atoms with Gasteiger partial charge in [0.15, 0.2) is 5.75 Å².